The molecule has 1 fully saturated rings. The van der Waals surface area contributed by atoms with Crippen LogP contribution in [0.25, 0.3) is 0 Å². The molecule has 5 rings (SSSR count). The molecule has 2 N–H and O–H groups in total. The lowest BCUT2D eigenvalue weighted by Gasteiger charge is -2.36. The zero-order chi connectivity index (χ0) is 22.8. The molecule has 2 aromatic rings. The van der Waals surface area contributed by atoms with Crippen LogP contribution in [-0.4, -0.2) is 33.9 Å². The number of hydrazine groups is 1. The van der Waals surface area contributed by atoms with Gasteiger partial charge in [0.25, 0.3) is 0 Å². The van der Waals surface area contributed by atoms with E-state index in [1.807, 2.05) is 24.5 Å². The molecule has 0 amide bonds. The number of nitrogens with zero attached hydrogens (tertiary/aromatic N) is 3. The number of nitrogens with one attached hydrogen (secondary N) is 2. The summed E-state index contributed by atoms with van der Waals surface area (Å²) in [7, 11) is 0. The lowest BCUT2D eigenvalue weighted by atomic mass is 10.00. The Kier molecular flexibility index (Phi) is 6.41. The maximum absolute atomic E-state index is 13.5. The zero-order valence-corrected chi connectivity index (χ0v) is 19.2. The zero-order valence-electron chi connectivity index (χ0n) is 18.4. The van der Waals surface area contributed by atoms with Gasteiger partial charge in [0.15, 0.2) is 5.17 Å². The Morgan fingerprint density at radius 2 is 1.91 bits per heavy atom. The number of hydrazone groups is 1. The highest BCUT2D eigenvalue weighted by Gasteiger charge is 2.44. The van der Waals surface area contributed by atoms with E-state index in [4.69, 9.17) is 4.74 Å². The van der Waals surface area contributed by atoms with Crippen LogP contribution in [0.2, 0.25) is 0 Å². The predicted octanol–water partition coefficient (Wildman–Crippen LogP) is 4.68. The van der Waals surface area contributed by atoms with Gasteiger partial charge in [-0.15, -0.1) is 0 Å². The van der Waals surface area contributed by atoms with Crippen LogP contribution in [0.1, 0.15) is 43.4 Å². The molecule has 2 aromatic carbocycles. The lowest BCUT2D eigenvalue weighted by molar-refractivity contribution is 0.152. The molecule has 0 saturated carbocycles. The summed E-state index contributed by atoms with van der Waals surface area (Å²) in [5, 5.41) is 7.42. The van der Waals surface area contributed by atoms with Crippen LogP contribution in [-0.2, 0) is 5.75 Å². The van der Waals surface area contributed by atoms with Gasteiger partial charge in [-0.1, -0.05) is 37.2 Å². The Labute approximate surface area is 196 Å². The molecule has 0 aromatic heterocycles. The van der Waals surface area contributed by atoms with Crippen molar-refractivity contribution in [2.75, 3.05) is 6.61 Å². The SMILES string of the molecule is CCCCOc1ccc(C2CC3C4NN=C(SCc5cc(F)cc(F)c5)N4C=CN3N2)cc1. The van der Waals surface area contributed by atoms with Crippen molar-refractivity contribution in [2.24, 2.45) is 5.10 Å². The van der Waals surface area contributed by atoms with Gasteiger partial charge in [0.2, 0.25) is 0 Å². The monoisotopic (exact) mass is 471 g/mol. The largest absolute Gasteiger partial charge is 0.494 e. The topological polar surface area (TPSA) is 52.1 Å². The molecule has 1 saturated heterocycles. The summed E-state index contributed by atoms with van der Waals surface area (Å²) in [5.41, 5.74) is 8.63. The molecule has 6 nitrogen and oxygen atoms in total. The minimum Gasteiger partial charge on any atom is -0.494 e. The van der Waals surface area contributed by atoms with Gasteiger partial charge < -0.3 is 14.6 Å². The lowest BCUT2D eigenvalue weighted by Crippen LogP contribution is -2.54. The first-order valence-electron chi connectivity index (χ1n) is 11.3. The molecule has 0 aliphatic carbocycles. The van der Waals surface area contributed by atoms with Crippen LogP contribution in [0.4, 0.5) is 8.78 Å². The number of ether oxygens (including phenoxy) is 1. The van der Waals surface area contributed by atoms with Gasteiger partial charge in [-0.3, -0.25) is 5.43 Å². The first kappa shape index (κ1) is 22.0. The van der Waals surface area contributed by atoms with E-state index in [1.165, 1.54) is 29.5 Å². The normalized spacial score (nSPS) is 23.2. The second kappa shape index (κ2) is 9.61. The molecule has 3 aliphatic rings. The average Bonchev–Trinajstić information content (AvgIpc) is 3.42. The Morgan fingerprint density at radius 1 is 1.12 bits per heavy atom. The number of hydrogen-bond donors (Lipinski definition) is 2. The van der Waals surface area contributed by atoms with Crippen molar-refractivity contribution in [2.45, 2.75) is 50.2 Å². The van der Waals surface area contributed by atoms with Crippen molar-refractivity contribution in [3.8, 4) is 5.75 Å². The number of benzene rings is 2. The van der Waals surface area contributed by atoms with E-state index in [9.17, 15) is 8.78 Å². The van der Waals surface area contributed by atoms with Crippen LogP contribution in [0.3, 0.4) is 0 Å². The highest BCUT2D eigenvalue weighted by molar-refractivity contribution is 8.13. The Bertz CT molecular complexity index is 1030. The van der Waals surface area contributed by atoms with Gasteiger partial charge >= 0.3 is 0 Å². The fourth-order valence-corrected chi connectivity index (χ4v) is 5.24. The number of halogens is 2. The van der Waals surface area contributed by atoms with Gasteiger partial charge in [0.1, 0.15) is 23.5 Å². The van der Waals surface area contributed by atoms with Gasteiger partial charge in [-0.2, -0.15) is 5.10 Å². The number of fused-ring (bicyclic) bond motifs is 3. The molecular formula is C24H27F2N5OS. The minimum atomic E-state index is -0.563. The highest BCUT2D eigenvalue weighted by atomic mass is 32.2. The van der Waals surface area contributed by atoms with Crippen molar-refractivity contribution in [1.29, 1.82) is 0 Å². The summed E-state index contributed by atoms with van der Waals surface area (Å²) in [6, 6.07) is 12.3. The number of unbranched alkanes of at least 4 members (excludes halogenated alkanes) is 1. The Morgan fingerprint density at radius 3 is 2.67 bits per heavy atom. The van der Waals surface area contributed by atoms with Crippen molar-refractivity contribution in [1.82, 2.24) is 20.8 Å². The summed E-state index contributed by atoms with van der Waals surface area (Å²) < 4.78 is 32.7. The van der Waals surface area contributed by atoms with E-state index < -0.39 is 11.6 Å². The third-order valence-corrected chi connectivity index (χ3v) is 7.08. The van der Waals surface area contributed by atoms with Crippen molar-refractivity contribution in [3.63, 3.8) is 0 Å². The second-order valence-electron chi connectivity index (χ2n) is 8.40. The van der Waals surface area contributed by atoms with Crippen molar-refractivity contribution >= 4 is 16.9 Å². The summed E-state index contributed by atoms with van der Waals surface area (Å²) in [6.07, 6.45) is 7.09. The van der Waals surface area contributed by atoms with Crippen molar-refractivity contribution in [3.05, 3.63) is 77.6 Å². The van der Waals surface area contributed by atoms with E-state index in [0.717, 1.165) is 42.9 Å². The molecular weight excluding hydrogens is 444 g/mol. The molecule has 0 spiro atoms. The first-order chi connectivity index (χ1) is 16.1. The van der Waals surface area contributed by atoms with E-state index in [0.29, 0.717) is 11.3 Å². The molecule has 9 heteroatoms. The predicted molar refractivity (Wildman–Crippen MR) is 126 cm³/mol. The molecule has 33 heavy (non-hydrogen) atoms. The van der Waals surface area contributed by atoms with Crippen LogP contribution in [0.5, 0.6) is 5.75 Å². The van der Waals surface area contributed by atoms with E-state index in [-0.39, 0.29) is 18.2 Å². The maximum atomic E-state index is 13.5. The average molecular weight is 472 g/mol. The Hall–Kier alpha value is -2.78. The quantitative estimate of drug-likeness (QED) is 0.572. The summed E-state index contributed by atoms with van der Waals surface area (Å²) in [5.74, 6) is 0.215. The van der Waals surface area contributed by atoms with E-state index in [1.54, 1.807) is 0 Å². The van der Waals surface area contributed by atoms with Crippen LogP contribution < -0.4 is 15.6 Å². The molecule has 3 unspecified atom stereocenters. The number of rotatable bonds is 7. The van der Waals surface area contributed by atoms with Gasteiger partial charge in [-0.05, 0) is 48.2 Å². The molecule has 0 radical (unpaired) electrons. The van der Waals surface area contributed by atoms with Crippen LogP contribution in [0.15, 0.2) is 60.0 Å². The summed E-state index contributed by atoms with van der Waals surface area (Å²) in [6.45, 7) is 2.90. The van der Waals surface area contributed by atoms with E-state index >= 15 is 0 Å². The molecule has 3 aliphatic heterocycles. The summed E-state index contributed by atoms with van der Waals surface area (Å²) in [4.78, 5) is 2.09. The highest BCUT2D eigenvalue weighted by Crippen LogP contribution is 2.36. The maximum Gasteiger partial charge on any atom is 0.189 e. The smallest absolute Gasteiger partial charge is 0.189 e. The fraction of sp³-hybridized carbons (Fsp3) is 0.375. The second-order valence-corrected chi connectivity index (χ2v) is 9.35. The number of hydrogen-bond acceptors (Lipinski definition) is 7. The Balaban J connectivity index is 1.19. The van der Waals surface area contributed by atoms with Crippen LogP contribution in [0, 0.1) is 11.6 Å². The van der Waals surface area contributed by atoms with Gasteiger partial charge in [0.05, 0.1) is 18.7 Å². The standard InChI is InChI=1S/C24H27F2N5OS/c1-2-3-10-32-20-6-4-17(5-7-20)21-14-22-23-27-28-24(30(23)8-9-31(22)29-21)33-15-16-11-18(25)13-19(26)12-16/h4-9,11-13,21-23,27,29H,2-3,10,14-15H2,1H3. The van der Waals surface area contributed by atoms with E-state index in [2.05, 4.69) is 44.9 Å². The molecule has 3 atom stereocenters. The molecule has 0 bridgehead atoms. The van der Waals surface area contributed by atoms with Gasteiger partial charge in [-0.25, -0.2) is 14.2 Å². The summed E-state index contributed by atoms with van der Waals surface area (Å²) >= 11 is 1.46. The van der Waals surface area contributed by atoms with Crippen LogP contribution >= 0.6 is 11.8 Å². The van der Waals surface area contributed by atoms with Crippen molar-refractivity contribution < 1.29 is 13.5 Å². The third-order valence-electron chi connectivity index (χ3n) is 6.04. The fourth-order valence-electron chi connectivity index (χ4n) is 4.34. The third kappa shape index (κ3) is 4.79. The first-order valence-corrected chi connectivity index (χ1v) is 12.2. The van der Waals surface area contributed by atoms with Gasteiger partial charge in [0, 0.05) is 24.2 Å². The molecule has 3 heterocycles. The molecule has 174 valence electrons. The number of amidine groups is 1. The minimum absolute atomic E-state index is 0.00380. The number of thioether (sulfide) groups is 1.